The third-order valence-electron chi connectivity index (χ3n) is 6.26. The number of hydrogen-bond acceptors (Lipinski definition) is 7. The van der Waals surface area contributed by atoms with Crippen LogP contribution in [0.1, 0.15) is 36.6 Å². The molecule has 0 aromatic heterocycles. The van der Waals surface area contributed by atoms with Gasteiger partial charge in [0, 0.05) is 6.54 Å². The summed E-state index contributed by atoms with van der Waals surface area (Å²) in [4.78, 5) is 28.4. The zero-order chi connectivity index (χ0) is 27.4. The second-order valence-electron chi connectivity index (χ2n) is 9.05. The van der Waals surface area contributed by atoms with E-state index in [9.17, 15) is 14.7 Å². The third-order valence-corrected chi connectivity index (χ3v) is 6.26. The summed E-state index contributed by atoms with van der Waals surface area (Å²) in [6.07, 6.45) is -0.0752. The van der Waals surface area contributed by atoms with Gasteiger partial charge in [-0.05, 0) is 61.4 Å². The summed E-state index contributed by atoms with van der Waals surface area (Å²) in [6, 6.07) is 18.6. The molecule has 0 bridgehead atoms. The second kappa shape index (κ2) is 11.3. The number of Topliss-reactive ketones (excluding diaryl/α,β-unsaturated/α-hetero) is 1. The fraction of sp³-hybridized carbons (Fsp3) is 0.267. The average Bonchev–Trinajstić information content (AvgIpc) is 3.17. The number of aliphatic hydroxyl groups is 1. The molecule has 4 rings (SSSR count). The first-order chi connectivity index (χ1) is 18.3. The maximum Gasteiger partial charge on any atom is 0.295 e. The van der Waals surface area contributed by atoms with Crippen molar-refractivity contribution in [2.45, 2.75) is 32.5 Å². The number of likely N-dealkylation sites (tertiary alicyclic amines) is 1. The van der Waals surface area contributed by atoms with Crippen LogP contribution in [-0.2, 0) is 16.1 Å². The predicted octanol–water partition coefficient (Wildman–Crippen LogP) is 5.12. The van der Waals surface area contributed by atoms with Crippen LogP contribution in [0, 0.1) is 0 Å². The fourth-order valence-corrected chi connectivity index (χ4v) is 4.57. The number of aliphatic hydroxyl groups excluding tert-OH is 1. The summed E-state index contributed by atoms with van der Waals surface area (Å²) in [6.45, 7) is 3.96. The van der Waals surface area contributed by atoms with Crippen LogP contribution in [-0.4, -0.2) is 49.1 Å². The van der Waals surface area contributed by atoms with E-state index in [-0.39, 0.29) is 29.5 Å². The Hall–Kier alpha value is -4.46. The van der Waals surface area contributed by atoms with Crippen molar-refractivity contribution in [3.8, 4) is 23.0 Å². The quantitative estimate of drug-likeness (QED) is 0.239. The molecule has 1 heterocycles. The van der Waals surface area contributed by atoms with E-state index in [2.05, 4.69) is 0 Å². The molecule has 3 aromatic carbocycles. The van der Waals surface area contributed by atoms with Crippen molar-refractivity contribution in [1.82, 2.24) is 4.90 Å². The Morgan fingerprint density at radius 2 is 1.50 bits per heavy atom. The molecule has 0 radical (unpaired) electrons. The summed E-state index contributed by atoms with van der Waals surface area (Å²) < 4.78 is 22.0. The maximum absolute atomic E-state index is 13.5. The molecular weight excluding hydrogens is 486 g/mol. The van der Waals surface area contributed by atoms with Crippen LogP contribution in [0.3, 0.4) is 0 Å². The highest BCUT2D eigenvalue weighted by Crippen LogP contribution is 2.44. The smallest absolute Gasteiger partial charge is 0.295 e. The van der Waals surface area contributed by atoms with Crippen molar-refractivity contribution in [2.75, 3.05) is 21.3 Å². The number of carbonyl (C=O) groups is 2. The SMILES string of the molecule is COc1ccc(CN2C(=O)C(=O)/C(=C(/O)c3c(OC)cccc3OC)C2c2cccc(OC(C)C)c2)cc1. The molecular formula is C30H31NO7. The van der Waals surface area contributed by atoms with Crippen LogP contribution >= 0.6 is 0 Å². The van der Waals surface area contributed by atoms with Crippen LogP contribution in [0.25, 0.3) is 5.76 Å². The topological polar surface area (TPSA) is 94.5 Å². The first-order valence-electron chi connectivity index (χ1n) is 12.2. The highest BCUT2D eigenvalue weighted by Gasteiger charge is 2.46. The molecule has 0 spiro atoms. The molecule has 1 N–H and O–H groups in total. The Kier molecular flexibility index (Phi) is 7.90. The van der Waals surface area contributed by atoms with Crippen molar-refractivity contribution < 1.29 is 33.6 Å². The van der Waals surface area contributed by atoms with Gasteiger partial charge in [-0.25, -0.2) is 0 Å². The summed E-state index contributed by atoms with van der Waals surface area (Å²) in [7, 11) is 4.49. The van der Waals surface area contributed by atoms with Gasteiger partial charge in [-0.3, -0.25) is 9.59 Å². The van der Waals surface area contributed by atoms with Crippen molar-refractivity contribution in [3.05, 3.63) is 89.0 Å². The van der Waals surface area contributed by atoms with Crippen LogP contribution in [0.5, 0.6) is 23.0 Å². The van der Waals surface area contributed by atoms with E-state index < -0.39 is 17.7 Å². The van der Waals surface area contributed by atoms with Gasteiger partial charge < -0.3 is 29.0 Å². The Bertz CT molecular complexity index is 1340. The molecule has 1 atom stereocenters. The summed E-state index contributed by atoms with van der Waals surface area (Å²) >= 11 is 0. The first kappa shape index (κ1) is 26.6. The zero-order valence-electron chi connectivity index (χ0n) is 22.1. The van der Waals surface area contributed by atoms with Crippen LogP contribution < -0.4 is 18.9 Å². The molecule has 1 aliphatic heterocycles. The molecule has 198 valence electrons. The Morgan fingerprint density at radius 3 is 2.08 bits per heavy atom. The molecule has 3 aromatic rings. The summed E-state index contributed by atoms with van der Waals surface area (Å²) in [5.41, 5.74) is 1.54. The normalized spacial score (nSPS) is 16.6. The number of carbonyl (C=O) groups excluding carboxylic acids is 2. The van der Waals surface area contributed by atoms with Crippen molar-refractivity contribution in [2.24, 2.45) is 0 Å². The van der Waals surface area contributed by atoms with E-state index >= 15 is 0 Å². The number of methoxy groups -OCH3 is 3. The number of rotatable bonds is 9. The van der Waals surface area contributed by atoms with Gasteiger partial charge in [0.15, 0.2) is 0 Å². The van der Waals surface area contributed by atoms with Gasteiger partial charge in [-0.2, -0.15) is 0 Å². The number of hydrogen-bond donors (Lipinski definition) is 1. The average molecular weight is 518 g/mol. The Labute approximate surface area is 222 Å². The number of benzene rings is 3. The molecule has 1 saturated heterocycles. The van der Waals surface area contributed by atoms with Gasteiger partial charge in [0.2, 0.25) is 0 Å². The number of ether oxygens (including phenoxy) is 4. The lowest BCUT2D eigenvalue weighted by atomic mass is 9.94. The minimum Gasteiger partial charge on any atom is -0.506 e. The van der Waals surface area contributed by atoms with Crippen molar-refractivity contribution >= 4 is 17.4 Å². The molecule has 38 heavy (non-hydrogen) atoms. The Morgan fingerprint density at radius 1 is 0.868 bits per heavy atom. The standard InChI is InChI=1S/C30H31NO7/c1-18(2)38-22-9-6-8-20(16-22)27-26(28(32)25-23(36-4)10-7-11-24(25)37-5)29(33)30(34)31(27)17-19-12-14-21(35-3)15-13-19/h6-16,18,27,32H,17H2,1-5H3/b28-26+. The number of ketones is 1. The molecule has 0 saturated carbocycles. The highest BCUT2D eigenvalue weighted by atomic mass is 16.5. The molecule has 1 fully saturated rings. The van der Waals surface area contributed by atoms with Crippen LogP contribution in [0.2, 0.25) is 0 Å². The monoisotopic (exact) mass is 517 g/mol. The molecule has 0 aliphatic carbocycles. The lowest BCUT2D eigenvalue weighted by Gasteiger charge is -2.26. The molecule has 8 heteroatoms. The number of amides is 1. The van der Waals surface area contributed by atoms with E-state index in [1.807, 2.05) is 32.0 Å². The predicted molar refractivity (Wildman–Crippen MR) is 143 cm³/mol. The van der Waals surface area contributed by atoms with Crippen LogP contribution in [0.4, 0.5) is 0 Å². The maximum atomic E-state index is 13.5. The van der Waals surface area contributed by atoms with Crippen LogP contribution in [0.15, 0.2) is 72.3 Å². The van der Waals surface area contributed by atoms with Gasteiger partial charge in [0.1, 0.15) is 34.3 Å². The molecule has 1 aliphatic rings. The van der Waals surface area contributed by atoms with Gasteiger partial charge in [0.25, 0.3) is 11.7 Å². The Balaban J connectivity index is 1.91. The van der Waals surface area contributed by atoms with Crippen molar-refractivity contribution in [3.63, 3.8) is 0 Å². The lowest BCUT2D eigenvalue weighted by Crippen LogP contribution is -2.29. The highest BCUT2D eigenvalue weighted by molar-refractivity contribution is 6.46. The first-order valence-corrected chi connectivity index (χ1v) is 12.2. The van der Waals surface area contributed by atoms with Gasteiger partial charge in [0.05, 0.1) is 39.0 Å². The van der Waals surface area contributed by atoms with Gasteiger partial charge in [-0.1, -0.05) is 30.3 Å². The van der Waals surface area contributed by atoms with E-state index in [1.165, 1.54) is 19.1 Å². The summed E-state index contributed by atoms with van der Waals surface area (Å²) in [5.74, 6) is -0.0371. The van der Waals surface area contributed by atoms with E-state index in [0.717, 1.165) is 5.56 Å². The van der Waals surface area contributed by atoms with Crippen molar-refractivity contribution in [1.29, 1.82) is 0 Å². The third kappa shape index (κ3) is 5.16. The zero-order valence-corrected chi connectivity index (χ0v) is 22.1. The fourth-order valence-electron chi connectivity index (χ4n) is 4.57. The largest absolute Gasteiger partial charge is 0.506 e. The van der Waals surface area contributed by atoms with Gasteiger partial charge >= 0.3 is 0 Å². The van der Waals surface area contributed by atoms with E-state index in [1.54, 1.807) is 55.6 Å². The van der Waals surface area contributed by atoms with E-state index in [0.29, 0.717) is 28.6 Å². The summed E-state index contributed by atoms with van der Waals surface area (Å²) in [5, 5.41) is 11.6. The number of nitrogens with zero attached hydrogens (tertiary/aromatic N) is 1. The minimum atomic E-state index is -0.887. The molecule has 8 nitrogen and oxygen atoms in total. The minimum absolute atomic E-state index is 0.0620. The van der Waals surface area contributed by atoms with E-state index in [4.69, 9.17) is 18.9 Å². The van der Waals surface area contributed by atoms with Gasteiger partial charge in [-0.15, -0.1) is 0 Å². The lowest BCUT2D eigenvalue weighted by molar-refractivity contribution is -0.140. The molecule has 1 unspecified atom stereocenters. The molecule has 1 amide bonds. The second-order valence-corrected chi connectivity index (χ2v) is 9.05.